The molecule has 7 heteroatoms. The molecule has 0 saturated carbocycles. The molecule has 0 atom stereocenters. The maximum Gasteiger partial charge on any atom is 0.314 e. The molecule has 0 radical (unpaired) electrons. The largest absolute Gasteiger partial charge is 0.459 e. The van der Waals surface area contributed by atoms with Gasteiger partial charge in [0.05, 0.1) is 6.26 Å². The lowest BCUT2D eigenvalue weighted by molar-refractivity contribution is 0.0926. The van der Waals surface area contributed by atoms with Gasteiger partial charge in [0.1, 0.15) is 0 Å². The summed E-state index contributed by atoms with van der Waals surface area (Å²) in [6.45, 7) is 1.15. The number of carbonyl (C=O) groups is 2. The van der Waals surface area contributed by atoms with E-state index < -0.39 is 0 Å². The fraction of sp³-hybridized carbons (Fsp3) is 0.250. The van der Waals surface area contributed by atoms with E-state index in [0.717, 1.165) is 5.56 Å². The molecule has 6 nitrogen and oxygen atoms in total. The lowest BCUT2D eigenvalue weighted by Crippen LogP contribution is -2.40. The first-order chi connectivity index (χ1) is 11.1. The molecule has 0 fully saturated rings. The van der Waals surface area contributed by atoms with Gasteiger partial charge in [0.2, 0.25) is 0 Å². The standard InChI is InChI=1S/C16H18ClN3O3/c17-13-4-1-3-12(11-13)6-7-19-16(22)20-9-8-18-15(21)14-5-2-10-23-14/h1-5,10-11H,6-9H2,(H,18,21)(H2,19,20,22). The summed E-state index contributed by atoms with van der Waals surface area (Å²) in [5.41, 5.74) is 1.06. The number of urea groups is 1. The fourth-order valence-electron chi connectivity index (χ4n) is 1.92. The van der Waals surface area contributed by atoms with Crippen molar-refractivity contribution in [1.82, 2.24) is 16.0 Å². The molecule has 3 N–H and O–H groups in total. The van der Waals surface area contributed by atoms with Crippen molar-refractivity contribution in [3.05, 3.63) is 59.0 Å². The van der Waals surface area contributed by atoms with E-state index in [0.29, 0.717) is 31.1 Å². The average Bonchev–Trinajstić information content (AvgIpc) is 3.06. The monoisotopic (exact) mass is 335 g/mol. The van der Waals surface area contributed by atoms with Gasteiger partial charge in [0.15, 0.2) is 5.76 Å². The van der Waals surface area contributed by atoms with Crippen molar-refractivity contribution in [3.63, 3.8) is 0 Å². The Balaban J connectivity index is 1.56. The summed E-state index contributed by atoms with van der Waals surface area (Å²) in [5, 5.41) is 8.72. The van der Waals surface area contributed by atoms with E-state index in [1.54, 1.807) is 12.1 Å². The molecule has 0 aliphatic carbocycles. The van der Waals surface area contributed by atoms with Crippen LogP contribution in [0.15, 0.2) is 47.1 Å². The third-order valence-electron chi connectivity index (χ3n) is 3.03. The first-order valence-electron chi connectivity index (χ1n) is 7.23. The second kappa shape index (κ2) is 8.85. The van der Waals surface area contributed by atoms with Gasteiger partial charge < -0.3 is 20.4 Å². The van der Waals surface area contributed by atoms with E-state index in [1.807, 2.05) is 24.3 Å². The summed E-state index contributed by atoms with van der Waals surface area (Å²) in [6.07, 6.45) is 2.13. The molecule has 0 aliphatic rings. The first kappa shape index (κ1) is 16.9. The van der Waals surface area contributed by atoms with Crippen LogP contribution in [0.5, 0.6) is 0 Å². The zero-order valence-corrected chi connectivity index (χ0v) is 13.2. The summed E-state index contributed by atoms with van der Waals surface area (Å²) >= 11 is 5.89. The maximum atomic E-state index is 11.6. The number of hydrogen-bond acceptors (Lipinski definition) is 3. The molecule has 0 bridgehead atoms. The number of benzene rings is 1. The normalized spacial score (nSPS) is 10.1. The summed E-state index contributed by atoms with van der Waals surface area (Å²) in [6, 6.07) is 10.4. The van der Waals surface area contributed by atoms with Gasteiger partial charge in [-0.15, -0.1) is 0 Å². The number of nitrogens with one attached hydrogen (secondary N) is 3. The van der Waals surface area contributed by atoms with E-state index in [-0.39, 0.29) is 17.7 Å². The average molecular weight is 336 g/mol. The van der Waals surface area contributed by atoms with Crippen molar-refractivity contribution in [2.75, 3.05) is 19.6 Å². The minimum absolute atomic E-state index is 0.246. The van der Waals surface area contributed by atoms with Gasteiger partial charge in [-0.2, -0.15) is 0 Å². The van der Waals surface area contributed by atoms with Crippen molar-refractivity contribution >= 4 is 23.5 Å². The molecule has 1 aromatic carbocycles. The van der Waals surface area contributed by atoms with Gasteiger partial charge in [0.25, 0.3) is 5.91 Å². The molecule has 122 valence electrons. The second-order valence-electron chi connectivity index (χ2n) is 4.80. The number of carbonyl (C=O) groups excluding carboxylic acids is 2. The minimum Gasteiger partial charge on any atom is -0.459 e. The Bertz CT molecular complexity index is 644. The Kier molecular flexibility index (Phi) is 6.50. The van der Waals surface area contributed by atoms with Crippen molar-refractivity contribution < 1.29 is 14.0 Å². The van der Waals surface area contributed by atoms with Crippen LogP contribution in [-0.4, -0.2) is 31.6 Å². The van der Waals surface area contributed by atoms with Crippen LogP contribution in [0.4, 0.5) is 4.79 Å². The lowest BCUT2D eigenvalue weighted by Gasteiger charge is -2.08. The Labute approximate surface area is 139 Å². The molecule has 0 saturated heterocycles. The van der Waals surface area contributed by atoms with Crippen LogP contribution in [0.25, 0.3) is 0 Å². The molecular formula is C16H18ClN3O3. The van der Waals surface area contributed by atoms with Crippen LogP contribution in [0.1, 0.15) is 16.1 Å². The van der Waals surface area contributed by atoms with Gasteiger partial charge in [-0.25, -0.2) is 4.79 Å². The van der Waals surface area contributed by atoms with Crippen LogP contribution in [0.3, 0.4) is 0 Å². The summed E-state index contributed by atoms with van der Waals surface area (Å²) in [5.74, 6) is -0.0610. The van der Waals surface area contributed by atoms with Gasteiger partial charge in [-0.1, -0.05) is 23.7 Å². The zero-order chi connectivity index (χ0) is 16.5. The van der Waals surface area contributed by atoms with Crippen molar-refractivity contribution in [1.29, 1.82) is 0 Å². The van der Waals surface area contributed by atoms with Gasteiger partial charge in [-0.05, 0) is 36.2 Å². The highest BCUT2D eigenvalue weighted by atomic mass is 35.5. The number of halogens is 1. The molecular weight excluding hydrogens is 318 g/mol. The second-order valence-corrected chi connectivity index (χ2v) is 5.23. The summed E-state index contributed by atoms with van der Waals surface area (Å²) < 4.78 is 4.96. The summed E-state index contributed by atoms with van der Waals surface area (Å²) in [4.78, 5) is 23.2. The van der Waals surface area contributed by atoms with E-state index in [9.17, 15) is 9.59 Å². The SMILES string of the molecule is O=C(NCCNC(=O)c1ccco1)NCCc1cccc(Cl)c1. The quantitative estimate of drug-likeness (QED) is 0.678. The third-order valence-corrected chi connectivity index (χ3v) is 3.26. The summed E-state index contributed by atoms with van der Waals surface area (Å²) in [7, 11) is 0. The Morgan fingerprint density at radius 3 is 2.52 bits per heavy atom. The van der Waals surface area contributed by atoms with Crippen LogP contribution in [0, 0.1) is 0 Å². The van der Waals surface area contributed by atoms with Crippen LogP contribution in [-0.2, 0) is 6.42 Å². The van der Waals surface area contributed by atoms with Crippen molar-refractivity contribution in [2.45, 2.75) is 6.42 Å². The van der Waals surface area contributed by atoms with Crippen molar-refractivity contribution in [2.24, 2.45) is 0 Å². The van der Waals surface area contributed by atoms with E-state index in [2.05, 4.69) is 16.0 Å². The molecule has 3 amide bonds. The van der Waals surface area contributed by atoms with Crippen LogP contribution >= 0.6 is 11.6 Å². The molecule has 0 unspecified atom stereocenters. The number of hydrogen-bond donors (Lipinski definition) is 3. The fourth-order valence-corrected chi connectivity index (χ4v) is 2.14. The number of furan rings is 1. The van der Waals surface area contributed by atoms with Gasteiger partial charge in [0, 0.05) is 24.7 Å². The third kappa shape index (κ3) is 6.04. The highest BCUT2D eigenvalue weighted by molar-refractivity contribution is 6.30. The molecule has 1 aromatic heterocycles. The minimum atomic E-state index is -0.307. The Hall–Kier alpha value is -2.47. The molecule has 0 aliphatic heterocycles. The topological polar surface area (TPSA) is 83.4 Å². The van der Waals surface area contributed by atoms with Gasteiger partial charge in [-0.3, -0.25) is 4.79 Å². The van der Waals surface area contributed by atoms with E-state index >= 15 is 0 Å². The molecule has 1 heterocycles. The predicted octanol–water partition coefficient (Wildman–Crippen LogP) is 2.20. The molecule has 23 heavy (non-hydrogen) atoms. The number of amides is 3. The Morgan fingerprint density at radius 1 is 1.00 bits per heavy atom. The molecule has 2 aromatic rings. The van der Waals surface area contributed by atoms with Crippen LogP contribution in [0.2, 0.25) is 5.02 Å². The maximum absolute atomic E-state index is 11.6. The number of rotatable bonds is 7. The smallest absolute Gasteiger partial charge is 0.314 e. The highest BCUT2D eigenvalue weighted by Crippen LogP contribution is 2.10. The Morgan fingerprint density at radius 2 is 1.78 bits per heavy atom. The predicted molar refractivity (Wildman–Crippen MR) is 87.6 cm³/mol. The molecule has 2 rings (SSSR count). The van der Waals surface area contributed by atoms with Crippen molar-refractivity contribution in [3.8, 4) is 0 Å². The highest BCUT2D eigenvalue weighted by Gasteiger charge is 2.07. The van der Waals surface area contributed by atoms with Crippen LogP contribution < -0.4 is 16.0 Å². The lowest BCUT2D eigenvalue weighted by atomic mass is 10.1. The first-order valence-corrected chi connectivity index (χ1v) is 7.61. The zero-order valence-electron chi connectivity index (χ0n) is 12.5. The van der Waals surface area contributed by atoms with Gasteiger partial charge >= 0.3 is 6.03 Å². The molecule has 0 spiro atoms. The van der Waals surface area contributed by atoms with E-state index in [1.165, 1.54) is 6.26 Å². The van der Waals surface area contributed by atoms with E-state index in [4.69, 9.17) is 16.0 Å².